The summed E-state index contributed by atoms with van der Waals surface area (Å²) in [5, 5.41) is 8.87. The molecule has 1 aromatic rings. The maximum absolute atomic E-state index is 11.6. The molecule has 1 aliphatic heterocycles. The number of carbonyl (C=O) groups is 1. The first-order chi connectivity index (χ1) is 7.33. The molecular formula is C10H9NO4S. The first-order valence-electron chi connectivity index (χ1n) is 4.53. The number of carboxylic acid groups (broad SMARTS) is 1. The first-order valence-corrected chi connectivity index (χ1v) is 5.97. The monoisotopic (exact) mass is 239 g/mol. The summed E-state index contributed by atoms with van der Waals surface area (Å²) in [6, 6.07) is 2.68. The maximum atomic E-state index is 11.6. The van der Waals surface area contributed by atoms with Gasteiger partial charge in [0.15, 0.2) is 0 Å². The van der Waals surface area contributed by atoms with Gasteiger partial charge in [-0.05, 0) is 31.5 Å². The Hall–Kier alpha value is -1.69. The van der Waals surface area contributed by atoms with Crippen LogP contribution in [-0.4, -0.2) is 25.2 Å². The molecule has 0 spiro atoms. The van der Waals surface area contributed by atoms with Crippen LogP contribution in [0.5, 0.6) is 0 Å². The van der Waals surface area contributed by atoms with Crippen molar-refractivity contribution >= 4 is 21.7 Å². The van der Waals surface area contributed by atoms with Crippen LogP contribution in [0.15, 0.2) is 21.4 Å². The summed E-state index contributed by atoms with van der Waals surface area (Å²) in [4.78, 5) is 11.0. The van der Waals surface area contributed by atoms with Gasteiger partial charge in [0.25, 0.3) is 10.0 Å². The normalized spacial score (nSPS) is 16.8. The highest BCUT2D eigenvalue weighted by Gasteiger charge is 2.29. The molecule has 1 aliphatic rings. The predicted molar refractivity (Wildman–Crippen MR) is 57.5 cm³/mol. The molecule has 0 saturated carbocycles. The van der Waals surface area contributed by atoms with Crippen molar-refractivity contribution in [2.24, 2.45) is 4.40 Å². The average molecular weight is 239 g/mol. The minimum absolute atomic E-state index is 0.0721. The van der Waals surface area contributed by atoms with Crippen LogP contribution in [0.25, 0.3) is 0 Å². The van der Waals surface area contributed by atoms with Crippen molar-refractivity contribution in [1.82, 2.24) is 0 Å². The highest BCUT2D eigenvalue weighted by atomic mass is 32.2. The molecular weight excluding hydrogens is 230 g/mol. The molecule has 6 heteroatoms. The molecule has 0 radical (unpaired) electrons. The average Bonchev–Trinajstić information content (AvgIpc) is 2.37. The Morgan fingerprint density at radius 1 is 1.31 bits per heavy atom. The molecule has 5 nitrogen and oxygen atoms in total. The molecule has 1 N–H and O–H groups in total. The third-order valence-electron chi connectivity index (χ3n) is 2.43. The smallest absolute Gasteiger partial charge is 0.335 e. The summed E-state index contributed by atoms with van der Waals surface area (Å²) < 4.78 is 26.8. The molecule has 0 amide bonds. The van der Waals surface area contributed by atoms with Crippen molar-refractivity contribution in [1.29, 1.82) is 0 Å². The van der Waals surface area contributed by atoms with Crippen molar-refractivity contribution in [3.05, 3.63) is 28.8 Å². The van der Waals surface area contributed by atoms with E-state index in [2.05, 4.69) is 4.40 Å². The van der Waals surface area contributed by atoms with Gasteiger partial charge in [0.05, 0.1) is 11.3 Å². The number of sulfonamides is 1. The molecule has 0 aromatic heterocycles. The van der Waals surface area contributed by atoms with Crippen molar-refractivity contribution in [2.45, 2.75) is 18.7 Å². The summed E-state index contributed by atoms with van der Waals surface area (Å²) in [5.74, 6) is -1.08. The molecule has 0 fully saturated rings. The molecule has 0 unspecified atom stereocenters. The van der Waals surface area contributed by atoms with Crippen LogP contribution in [0.4, 0.5) is 0 Å². The van der Waals surface area contributed by atoms with Gasteiger partial charge in [0.2, 0.25) is 0 Å². The largest absolute Gasteiger partial charge is 0.478 e. The maximum Gasteiger partial charge on any atom is 0.335 e. The predicted octanol–water partition coefficient (Wildman–Crippen LogP) is 1.20. The Kier molecular flexibility index (Phi) is 2.13. The van der Waals surface area contributed by atoms with Crippen LogP contribution < -0.4 is 0 Å². The van der Waals surface area contributed by atoms with Gasteiger partial charge in [0, 0.05) is 5.56 Å². The number of aryl methyl sites for hydroxylation is 1. The highest BCUT2D eigenvalue weighted by Crippen LogP contribution is 2.30. The van der Waals surface area contributed by atoms with E-state index in [1.54, 1.807) is 13.8 Å². The Labute approximate surface area is 92.5 Å². The summed E-state index contributed by atoms with van der Waals surface area (Å²) in [5.41, 5.74) is 1.21. The first kappa shape index (κ1) is 10.8. The summed E-state index contributed by atoms with van der Waals surface area (Å²) >= 11 is 0. The zero-order chi connectivity index (χ0) is 12.1. The van der Waals surface area contributed by atoms with Gasteiger partial charge in [-0.25, -0.2) is 4.79 Å². The molecule has 0 atom stereocenters. The van der Waals surface area contributed by atoms with Crippen molar-refractivity contribution in [2.75, 3.05) is 0 Å². The highest BCUT2D eigenvalue weighted by molar-refractivity contribution is 7.90. The van der Waals surface area contributed by atoms with E-state index in [9.17, 15) is 13.2 Å². The Morgan fingerprint density at radius 3 is 2.50 bits per heavy atom. The lowest BCUT2D eigenvalue weighted by atomic mass is 10.0. The lowest BCUT2D eigenvalue weighted by Gasteiger charge is -2.04. The number of nitrogens with zero attached hydrogens (tertiary/aromatic N) is 1. The quantitative estimate of drug-likeness (QED) is 0.798. The molecule has 0 bridgehead atoms. The summed E-state index contributed by atoms with van der Waals surface area (Å²) in [6.07, 6.45) is 0. The fraction of sp³-hybridized carbons (Fsp3) is 0.200. The van der Waals surface area contributed by atoms with Crippen LogP contribution >= 0.6 is 0 Å². The Balaban J connectivity index is 2.83. The van der Waals surface area contributed by atoms with Crippen LogP contribution in [-0.2, 0) is 10.0 Å². The number of rotatable bonds is 1. The van der Waals surface area contributed by atoms with E-state index in [0.717, 1.165) is 0 Å². The number of hydrogen-bond donors (Lipinski definition) is 1. The minimum Gasteiger partial charge on any atom is -0.478 e. The van der Waals surface area contributed by atoms with Crippen LogP contribution in [0.2, 0.25) is 0 Å². The zero-order valence-corrected chi connectivity index (χ0v) is 9.50. The van der Waals surface area contributed by atoms with E-state index in [4.69, 9.17) is 5.11 Å². The van der Waals surface area contributed by atoms with E-state index in [-0.39, 0.29) is 10.5 Å². The molecule has 2 rings (SSSR count). The zero-order valence-electron chi connectivity index (χ0n) is 8.68. The van der Waals surface area contributed by atoms with Gasteiger partial charge in [-0.3, -0.25) is 0 Å². The third-order valence-corrected chi connectivity index (χ3v) is 4.00. The number of benzene rings is 1. The second kappa shape index (κ2) is 3.15. The lowest BCUT2D eigenvalue weighted by Crippen LogP contribution is -2.04. The standard InChI is InChI=1S/C10H9NO4S/c1-5-3-7(10(12)13)4-8-6(2)11-16(14,15)9(5)8/h3-4H,1-2H3,(H,12,13). The fourth-order valence-corrected chi connectivity index (χ4v) is 3.28. The van der Waals surface area contributed by atoms with Crippen LogP contribution in [0.3, 0.4) is 0 Å². The molecule has 0 saturated heterocycles. The molecule has 84 valence electrons. The molecule has 1 aromatic carbocycles. The van der Waals surface area contributed by atoms with E-state index < -0.39 is 16.0 Å². The summed E-state index contributed by atoms with van der Waals surface area (Å²) in [7, 11) is -3.63. The third kappa shape index (κ3) is 1.42. The van der Waals surface area contributed by atoms with E-state index >= 15 is 0 Å². The number of fused-ring (bicyclic) bond motifs is 1. The second-order valence-electron chi connectivity index (χ2n) is 3.63. The van der Waals surface area contributed by atoms with Crippen LogP contribution in [0, 0.1) is 6.92 Å². The van der Waals surface area contributed by atoms with Gasteiger partial charge in [-0.2, -0.15) is 12.8 Å². The molecule has 16 heavy (non-hydrogen) atoms. The number of hydrogen-bond acceptors (Lipinski definition) is 3. The SMILES string of the molecule is CC1=NS(=O)(=O)c2c(C)cc(C(=O)O)cc21. The van der Waals surface area contributed by atoms with Gasteiger partial charge in [-0.1, -0.05) is 0 Å². The molecule has 1 heterocycles. The van der Waals surface area contributed by atoms with Gasteiger partial charge < -0.3 is 5.11 Å². The summed E-state index contributed by atoms with van der Waals surface area (Å²) in [6.45, 7) is 3.12. The topological polar surface area (TPSA) is 83.8 Å². The Bertz CT molecular complexity index is 628. The van der Waals surface area contributed by atoms with Crippen molar-refractivity contribution in [3.63, 3.8) is 0 Å². The minimum atomic E-state index is -3.63. The van der Waals surface area contributed by atoms with E-state index in [1.807, 2.05) is 0 Å². The van der Waals surface area contributed by atoms with Crippen LogP contribution in [0.1, 0.15) is 28.4 Å². The van der Waals surface area contributed by atoms with Gasteiger partial charge in [0.1, 0.15) is 4.90 Å². The van der Waals surface area contributed by atoms with Crippen molar-refractivity contribution < 1.29 is 18.3 Å². The number of carboxylic acids is 1. The number of aromatic carboxylic acids is 1. The van der Waals surface area contributed by atoms with Gasteiger partial charge in [-0.15, -0.1) is 0 Å². The second-order valence-corrected chi connectivity index (χ2v) is 5.17. The van der Waals surface area contributed by atoms with E-state index in [0.29, 0.717) is 16.8 Å². The van der Waals surface area contributed by atoms with Gasteiger partial charge >= 0.3 is 5.97 Å². The lowest BCUT2D eigenvalue weighted by molar-refractivity contribution is 0.0696. The fourth-order valence-electron chi connectivity index (χ4n) is 1.78. The molecule has 0 aliphatic carbocycles. The Morgan fingerprint density at radius 2 is 1.94 bits per heavy atom. The van der Waals surface area contributed by atoms with E-state index in [1.165, 1.54) is 12.1 Å². The van der Waals surface area contributed by atoms with Crippen molar-refractivity contribution in [3.8, 4) is 0 Å².